The molecule has 1 saturated heterocycles. The number of anilines is 1. The van der Waals surface area contributed by atoms with Gasteiger partial charge in [-0.3, -0.25) is 9.36 Å². The molecule has 0 N–H and O–H groups in total. The van der Waals surface area contributed by atoms with Gasteiger partial charge in [-0.15, -0.1) is 0 Å². The zero-order valence-electron chi connectivity index (χ0n) is 17.2. The van der Waals surface area contributed by atoms with Gasteiger partial charge in [-0.25, -0.2) is 9.83 Å². The van der Waals surface area contributed by atoms with E-state index in [4.69, 9.17) is 11.3 Å². The molecule has 1 fully saturated rings. The Morgan fingerprint density at radius 2 is 2.03 bits per heavy atom. The van der Waals surface area contributed by atoms with Gasteiger partial charge in [0.25, 0.3) is 0 Å². The Bertz CT molecular complexity index is 1100. The summed E-state index contributed by atoms with van der Waals surface area (Å²) in [5, 5.41) is 0. The molecular weight excluding hydrogens is 376 g/mol. The number of carbonyl (C=O) groups excluding carboxylic acids is 1. The summed E-state index contributed by atoms with van der Waals surface area (Å²) < 4.78 is 7.88. The average molecular weight is 400 g/mol. The number of benzene rings is 2. The second-order valence-electron chi connectivity index (χ2n) is 7.72. The molecule has 1 atom stereocenters. The zero-order valence-corrected chi connectivity index (χ0v) is 17.2. The number of carbonyl (C=O) groups is 1. The third kappa shape index (κ3) is 4.06. The molecule has 0 spiro atoms. The fourth-order valence-corrected chi connectivity index (χ4v) is 3.83. The lowest BCUT2D eigenvalue weighted by molar-refractivity contribution is -0.123. The summed E-state index contributed by atoms with van der Waals surface area (Å²) in [4.78, 5) is 22.1. The highest BCUT2D eigenvalue weighted by molar-refractivity contribution is 5.96. The summed E-state index contributed by atoms with van der Waals surface area (Å²) in [5.41, 5.74) is 3.78. The van der Waals surface area contributed by atoms with Crippen molar-refractivity contribution < 1.29 is 9.53 Å². The quantitative estimate of drug-likeness (QED) is 0.543. The van der Waals surface area contributed by atoms with Crippen LogP contribution in [0, 0.1) is 19.4 Å². The maximum absolute atomic E-state index is 12.6. The number of ether oxygens (including phenoxy) is 1. The summed E-state index contributed by atoms with van der Waals surface area (Å²) in [6.45, 7) is 12.5. The van der Waals surface area contributed by atoms with E-state index >= 15 is 0 Å². The third-order valence-electron chi connectivity index (χ3n) is 5.47. The molecule has 1 aliphatic heterocycles. The molecule has 30 heavy (non-hydrogen) atoms. The molecule has 2 heterocycles. The Kier molecular flexibility index (Phi) is 5.53. The van der Waals surface area contributed by atoms with Crippen LogP contribution in [0.4, 0.5) is 11.4 Å². The Labute approximate surface area is 176 Å². The van der Waals surface area contributed by atoms with Gasteiger partial charge in [-0.2, -0.15) is 0 Å². The van der Waals surface area contributed by atoms with Crippen molar-refractivity contribution in [1.29, 1.82) is 0 Å². The molecule has 0 bridgehead atoms. The zero-order chi connectivity index (χ0) is 21.1. The first kappa shape index (κ1) is 19.7. The number of imidazole rings is 1. The lowest BCUT2D eigenvalue weighted by Crippen LogP contribution is -2.40. The molecule has 1 unspecified atom stereocenters. The van der Waals surface area contributed by atoms with Crippen molar-refractivity contribution in [2.75, 3.05) is 11.4 Å². The first-order valence-electron chi connectivity index (χ1n) is 10.1. The minimum absolute atomic E-state index is 0.0901. The Morgan fingerprint density at radius 1 is 1.23 bits per heavy atom. The summed E-state index contributed by atoms with van der Waals surface area (Å²) in [6, 6.07) is 13.2. The molecule has 3 aromatic rings. The monoisotopic (exact) mass is 400 g/mol. The maximum Gasteiger partial charge on any atom is 0.229 e. The second-order valence-corrected chi connectivity index (χ2v) is 7.72. The molecule has 4 rings (SSSR count). The predicted octanol–water partition coefficient (Wildman–Crippen LogP) is 5.35. The topological polar surface area (TPSA) is 51.7 Å². The van der Waals surface area contributed by atoms with Gasteiger partial charge < -0.3 is 9.64 Å². The molecule has 6 nitrogen and oxygen atoms in total. The Balaban J connectivity index is 1.50. The van der Waals surface area contributed by atoms with E-state index in [-0.39, 0.29) is 11.8 Å². The van der Waals surface area contributed by atoms with Gasteiger partial charge in [0, 0.05) is 18.2 Å². The van der Waals surface area contributed by atoms with Crippen molar-refractivity contribution >= 4 is 17.3 Å². The first-order chi connectivity index (χ1) is 14.5. The predicted molar refractivity (Wildman–Crippen MR) is 116 cm³/mol. The molecule has 6 heteroatoms. The summed E-state index contributed by atoms with van der Waals surface area (Å²) in [6.07, 6.45) is 5.43. The van der Waals surface area contributed by atoms with Gasteiger partial charge in [-0.05, 0) is 49.1 Å². The summed E-state index contributed by atoms with van der Waals surface area (Å²) >= 11 is 0. The van der Waals surface area contributed by atoms with Gasteiger partial charge >= 0.3 is 0 Å². The molecule has 1 amide bonds. The van der Waals surface area contributed by atoms with E-state index in [1.165, 1.54) is 0 Å². The number of rotatable bonds is 5. The van der Waals surface area contributed by atoms with Crippen LogP contribution in [-0.2, 0) is 11.3 Å². The lowest BCUT2D eigenvalue weighted by atomic mass is 9.97. The average Bonchev–Trinajstić information content (AvgIpc) is 3.17. The normalized spacial score (nSPS) is 16.4. The van der Waals surface area contributed by atoms with Gasteiger partial charge in [0.1, 0.15) is 5.75 Å². The number of aryl methyl sites for hydroxylation is 1. The molecule has 0 aliphatic carbocycles. The van der Waals surface area contributed by atoms with Crippen LogP contribution in [0.1, 0.15) is 30.9 Å². The van der Waals surface area contributed by atoms with Crippen LogP contribution >= 0.6 is 0 Å². The number of nitrogens with zero attached hydrogens (tertiary/aromatic N) is 4. The largest absolute Gasteiger partial charge is 0.439 e. The van der Waals surface area contributed by atoms with Crippen LogP contribution in [-0.4, -0.2) is 22.0 Å². The molecule has 1 aliphatic rings. The van der Waals surface area contributed by atoms with Crippen LogP contribution in [0.25, 0.3) is 4.85 Å². The number of aromatic nitrogens is 2. The summed E-state index contributed by atoms with van der Waals surface area (Å²) in [7, 11) is 0. The number of hydrogen-bond acceptors (Lipinski definition) is 3. The fraction of sp³-hybridized carbons (Fsp3) is 0.292. The fourth-order valence-electron chi connectivity index (χ4n) is 3.83. The van der Waals surface area contributed by atoms with E-state index in [9.17, 15) is 4.79 Å². The van der Waals surface area contributed by atoms with Crippen LogP contribution in [0.3, 0.4) is 0 Å². The molecule has 2 aromatic carbocycles. The third-order valence-corrected chi connectivity index (χ3v) is 5.47. The number of hydrogen-bond donors (Lipinski definition) is 0. The van der Waals surface area contributed by atoms with Crippen molar-refractivity contribution in [3.63, 3.8) is 0 Å². The Morgan fingerprint density at radius 3 is 2.77 bits per heavy atom. The van der Waals surface area contributed by atoms with Crippen molar-refractivity contribution in [3.05, 3.63) is 77.5 Å². The number of amides is 1. The second kappa shape index (κ2) is 8.42. The van der Waals surface area contributed by atoms with E-state index < -0.39 is 0 Å². The minimum atomic E-state index is 0.0901. The highest BCUT2D eigenvalue weighted by Crippen LogP contribution is 2.29. The first-order valence-corrected chi connectivity index (χ1v) is 10.1. The van der Waals surface area contributed by atoms with Crippen molar-refractivity contribution in [1.82, 2.24) is 9.55 Å². The van der Waals surface area contributed by atoms with E-state index in [2.05, 4.69) is 28.9 Å². The lowest BCUT2D eigenvalue weighted by Gasteiger charge is -2.32. The highest BCUT2D eigenvalue weighted by Gasteiger charge is 2.27. The van der Waals surface area contributed by atoms with Crippen molar-refractivity contribution in [2.24, 2.45) is 5.92 Å². The molecule has 1 aromatic heterocycles. The van der Waals surface area contributed by atoms with Crippen molar-refractivity contribution in [3.8, 4) is 11.6 Å². The minimum Gasteiger partial charge on any atom is -0.439 e. The number of piperidine rings is 1. The van der Waals surface area contributed by atoms with Crippen molar-refractivity contribution in [2.45, 2.75) is 33.2 Å². The smallest absolute Gasteiger partial charge is 0.229 e. The van der Waals surface area contributed by atoms with Gasteiger partial charge in [0.05, 0.1) is 25.6 Å². The molecular formula is C24H24N4O2. The van der Waals surface area contributed by atoms with Gasteiger partial charge in [0.15, 0.2) is 5.69 Å². The maximum atomic E-state index is 12.6. The SMILES string of the molecule is [C-]#[N+]c1ccc(Oc2cncn2Cc2ccc(N3CCCC(C)C3=O)c(C)c2)cc1. The van der Waals surface area contributed by atoms with Crippen LogP contribution in [0.2, 0.25) is 0 Å². The standard InChI is InChI=1S/C24H24N4O2/c1-17-5-4-12-28(24(17)29)22-11-6-19(13-18(22)2)15-27-16-26-14-23(27)30-21-9-7-20(25-3)8-10-21/h6-11,13-14,16-17H,4-5,12,15H2,1-2H3. The highest BCUT2D eigenvalue weighted by atomic mass is 16.5. The van der Waals surface area contributed by atoms with E-state index in [1.54, 1.807) is 36.8 Å². The molecule has 0 saturated carbocycles. The van der Waals surface area contributed by atoms with Gasteiger partial charge in [-0.1, -0.05) is 31.2 Å². The summed E-state index contributed by atoms with van der Waals surface area (Å²) in [5.74, 6) is 1.60. The van der Waals surface area contributed by atoms with E-state index in [0.29, 0.717) is 23.9 Å². The van der Waals surface area contributed by atoms with Crippen LogP contribution < -0.4 is 9.64 Å². The van der Waals surface area contributed by atoms with E-state index in [0.717, 1.165) is 36.2 Å². The van der Waals surface area contributed by atoms with Crippen LogP contribution in [0.5, 0.6) is 11.6 Å². The van der Waals surface area contributed by atoms with Crippen LogP contribution in [0.15, 0.2) is 55.0 Å². The molecule has 152 valence electrons. The molecule has 0 radical (unpaired) electrons. The van der Waals surface area contributed by atoms with Gasteiger partial charge in [0.2, 0.25) is 11.8 Å². The Hall–Kier alpha value is -3.59. The van der Waals surface area contributed by atoms with E-state index in [1.807, 2.05) is 22.5 Å².